The van der Waals surface area contributed by atoms with Crippen molar-refractivity contribution < 1.29 is 4.39 Å². The van der Waals surface area contributed by atoms with Crippen LogP contribution in [0.25, 0.3) is 5.70 Å². The highest BCUT2D eigenvalue weighted by molar-refractivity contribution is 6.16. The van der Waals surface area contributed by atoms with Crippen molar-refractivity contribution in [1.29, 1.82) is 5.41 Å². The fourth-order valence-corrected chi connectivity index (χ4v) is 4.15. The van der Waals surface area contributed by atoms with Crippen molar-refractivity contribution in [2.24, 2.45) is 4.99 Å². The summed E-state index contributed by atoms with van der Waals surface area (Å²) in [6.45, 7) is 24.2. The molecular formula is C30H44FN3. The van der Waals surface area contributed by atoms with Crippen molar-refractivity contribution in [2.45, 2.75) is 82.1 Å². The molecule has 3 nitrogen and oxygen atoms in total. The molecule has 1 N–H and O–H groups in total. The van der Waals surface area contributed by atoms with Gasteiger partial charge in [0, 0.05) is 42.2 Å². The summed E-state index contributed by atoms with van der Waals surface area (Å²) in [5, 5.41) is 9.37. The summed E-state index contributed by atoms with van der Waals surface area (Å²) < 4.78 is 16.5. The summed E-state index contributed by atoms with van der Waals surface area (Å²) in [6.07, 6.45) is 3.35. The lowest BCUT2D eigenvalue weighted by Gasteiger charge is -2.27. The van der Waals surface area contributed by atoms with E-state index in [-0.39, 0.29) is 11.4 Å². The number of allylic oxidation sites excluding steroid dienone is 6. The van der Waals surface area contributed by atoms with Gasteiger partial charge >= 0.3 is 0 Å². The summed E-state index contributed by atoms with van der Waals surface area (Å²) in [5.74, 6) is -0.441. The molecule has 0 radical (unpaired) electrons. The Morgan fingerprint density at radius 1 is 0.941 bits per heavy atom. The Bertz CT molecular complexity index is 1100. The molecule has 0 amide bonds. The van der Waals surface area contributed by atoms with Crippen LogP contribution in [0.15, 0.2) is 45.5 Å². The monoisotopic (exact) mass is 465 g/mol. The zero-order chi connectivity index (χ0) is 26.5. The highest BCUT2D eigenvalue weighted by Gasteiger charge is 2.29. The van der Waals surface area contributed by atoms with Gasteiger partial charge in [-0.2, -0.15) is 0 Å². The number of aliphatic imine (C=N–C) groups is 1. The summed E-state index contributed by atoms with van der Waals surface area (Å²) in [4.78, 5) is 6.55. The second-order valence-electron chi connectivity index (χ2n) is 9.45. The fourth-order valence-electron chi connectivity index (χ4n) is 4.15. The molecular weight excluding hydrogens is 421 g/mol. The van der Waals surface area contributed by atoms with Crippen LogP contribution in [0.5, 0.6) is 0 Å². The van der Waals surface area contributed by atoms with Crippen LogP contribution in [0.4, 0.5) is 10.1 Å². The zero-order valence-corrected chi connectivity index (χ0v) is 23.5. The van der Waals surface area contributed by atoms with Gasteiger partial charge in [0.2, 0.25) is 0 Å². The van der Waals surface area contributed by atoms with Crippen molar-refractivity contribution >= 4 is 22.8 Å². The number of hydrogen-bond donors (Lipinski definition) is 1. The van der Waals surface area contributed by atoms with Gasteiger partial charge in [0.1, 0.15) is 5.69 Å². The molecule has 0 atom stereocenters. The van der Waals surface area contributed by atoms with Crippen LogP contribution in [0.2, 0.25) is 0 Å². The van der Waals surface area contributed by atoms with Crippen LogP contribution in [-0.2, 0) is 12.8 Å². The van der Waals surface area contributed by atoms with Gasteiger partial charge in [-0.25, -0.2) is 4.39 Å². The maximum atomic E-state index is 16.5. The van der Waals surface area contributed by atoms with Gasteiger partial charge in [0.05, 0.1) is 5.71 Å². The third-order valence-electron chi connectivity index (χ3n) is 6.53. The summed E-state index contributed by atoms with van der Waals surface area (Å²) in [7, 11) is 3.82. The average molecular weight is 466 g/mol. The van der Waals surface area contributed by atoms with Gasteiger partial charge in [-0.3, -0.25) is 10.4 Å². The molecule has 0 aliphatic heterocycles. The first-order valence-electron chi connectivity index (χ1n) is 12.1. The molecule has 0 bridgehead atoms. The Labute approximate surface area is 207 Å². The molecule has 0 heterocycles. The summed E-state index contributed by atoms with van der Waals surface area (Å²) in [5.41, 5.74) is 9.91. The van der Waals surface area contributed by atoms with Crippen LogP contribution < -0.4 is 0 Å². The fraction of sp³-hybridized carbons (Fsp3) is 0.467. The predicted octanol–water partition coefficient (Wildman–Crippen LogP) is 8.60. The van der Waals surface area contributed by atoms with E-state index in [4.69, 9.17) is 0 Å². The van der Waals surface area contributed by atoms with E-state index in [2.05, 4.69) is 18.5 Å². The Balaban J connectivity index is 4.37. The topological polar surface area (TPSA) is 39.5 Å². The number of nitrogens with one attached hydrogen (secondary N) is 1. The predicted molar refractivity (Wildman–Crippen MR) is 149 cm³/mol. The molecule has 4 heteroatoms. The molecule has 1 aromatic carbocycles. The summed E-state index contributed by atoms with van der Waals surface area (Å²) in [6, 6.07) is 0. The minimum atomic E-state index is -0.441. The normalized spacial score (nSPS) is 12.2. The minimum Gasteiger partial charge on any atom is -0.378 e. The molecule has 1 aromatic rings. The molecule has 0 aromatic heterocycles. The number of halogens is 1. The third kappa shape index (κ3) is 5.84. The molecule has 0 saturated carbocycles. The Kier molecular flexibility index (Phi) is 10.4. The van der Waals surface area contributed by atoms with Gasteiger partial charge in [-0.05, 0) is 90.5 Å². The van der Waals surface area contributed by atoms with E-state index in [1.54, 1.807) is 0 Å². The highest BCUT2D eigenvalue weighted by atomic mass is 19.1. The molecule has 0 aliphatic carbocycles. The number of nitrogens with zero attached hydrogens (tertiary/aromatic N) is 2. The van der Waals surface area contributed by atoms with Crippen molar-refractivity contribution in [3.05, 3.63) is 68.6 Å². The lowest BCUT2D eigenvalue weighted by molar-refractivity contribution is 0.588. The standard InChI is InChI=1S/C30H44FN3/c1-14-19(8)21(10)25(20(9)17(4)5)29(32)27-24(16-3)23(15-2)26(22(11)34(12)13)30(28(27)31)33-18(6)7/h14,32H,11,15-16H2,1-10,12-13H3/b19-14-,25-21-,32-29?. The number of hydrogen-bond acceptors (Lipinski definition) is 3. The van der Waals surface area contributed by atoms with E-state index < -0.39 is 5.82 Å². The van der Waals surface area contributed by atoms with Crippen LogP contribution in [0.1, 0.15) is 91.5 Å². The van der Waals surface area contributed by atoms with Crippen LogP contribution in [0, 0.1) is 11.2 Å². The van der Waals surface area contributed by atoms with E-state index in [0.717, 1.165) is 56.0 Å². The maximum Gasteiger partial charge on any atom is 0.159 e. The zero-order valence-electron chi connectivity index (χ0n) is 23.5. The minimum absolute atomic E-state index is 0.216. The molecule has 0 aliphatic rings. The van der Waals surface area contributed by atoms with Gasteiger partial charge in [-0.1, -0.05) is 37.6 Å². The van der Waals surface area contributed by atoms with E-state index in [0.29, 0.717) is 18.4 Å². The highest BCUT2D eigenvalue weighted by Crippen LogP contribution is 2.40. The molecule has 0 unspecified atom stereocenters. The maximum absolute atomic E-state index is 16.5. The second-order valence-corrected chi connectivity index (χ2v) is 9.45. The van der Waals surface area contributed by atoms with E-state index in [9.17, 15) is 5.41 Å². The van der Waals surface area contributed by atoms with Crippen molar-refractivity contribution in [3.63, 3.8) is 0 Å². The molecule has 0 spiro atoms. The molecule has 0 fully saturated rings. The van der Waals surface area contributed by atoms with Crippen molar-refractivity contribution in [2.75, 3.05) is 14.1 Å². The molecule has 34 heavy (non-hydrogen) atoms. The first-order chi connectivity index (χ1) is 15.8. The van der Waals surface area contributed by atoms with Crippen LogP contribution in [-0.4, -0.2) is 30.4 Å². The van der Waals surface area contributed by atoms with Crippen molar-refractivity contribution in [3.8, 4) is 0 Å². The van der Waals surface area contributed by atoms with Crippen LogP contribution in [0.3, 0.4) is 0 Å². The Morgan fingerprint density at radius 3 is 1.82 bits per heavy atom. The Morgan fingerprint density at radius 2 is 1.44 bits per heavy atom. The average Bonchev–Trinajstić information content (AvgIpc) is 2.77. The molecule has 0 saturated heterocycles. The van der Waals surface area contributed by atoms with Gasteiger partial charge < -0.3 is 4.90 Å². The molecule has 186 valence electrons. The summed E-state index contributed by atoms with van der Waals surface area (Å²) >= 11 is 0. The lowest BCUT2D eigenvalue weighted by atomic mass is 9.82. The van der Waals surface area contributed by atoms with Gasteiger partial charge in [0.25, 0.3) is 0 Å². The van der Waals surface area contributed by atoms with Gasteiger partial charge in [0.15, 0.2) is 5.82 Å². The largest absolute Gasteiger partial charge is 0.378 e. The smallest absolute Gasteiger partial charge is 0.159 e. The quantitative estimate of drug-likeness (QED) is 0.288. The third-order valence-corrected chi connectivity index (χ3v) is 6.53. The first-order valence-corrected chi connectivity index (χ1v) is 12.1. The second kappa shape index (κ2) is 12.1. The van der Waals surface area contributed by atoms with Crippen molar-refractivity contribution in [1.82, 2.24) is 4.90 Å². The van der Waals surface area contributed by atoms with E-state index in [1.165, 1.54) is 0 Å². The Hall–Kier alpha value is -2.75. The van der Waals surface area contributed by atoms with Crippen LogP contribution >= 0.6 is 0 Å². The van der Waals surface area contributed by atoms with E-state index in [1.807, 2.05) is 87.4 Å². The lowest BCUT2D eigenvalue weighted by Crippen LogP contribution is -2.19. The van der Waals surface area contributed by atoms with Gasteiger partial charge in [-0.15, -0.1) is 0 Å². The first kappa shape index (κ1) is 29.3. The number of rotatable bonds is 9. The van der Waals surface area contributed by atoms with E-state index >= 15 is 4.39 Å². The SMILES string of the molecule is C=C(c1c(CC)c(CC)c(C(=N)/C(C(C)=C(C)C)=C(C)\C(C)=C/C)c(F)c1N=C(C)C)N(C)C. The molecule has 1 rings (SSSR count). The number of benzene rings is 1.